The highest BCUT2D eigenvalue weighted by Gasteiger charge is 2.11. The summed E-state index contributed by atoms with van der Waals surface area (Å²) in [5, 5.41) is 8.31. The molecule has 0 amide bonds. The molecule has 2 aromatic carbocycles. The Labute approximate surface area is 174 Å². The van der Waals surface area contributed by atoms with E-state index in [0.29, 0.717) is 39.7 Å². The zero-order valence-corrected chi connectivity index (χ0v) is 17.4. The minimum atomic E-state index is 0.0502. The standard InChI is InChI=1S/C21H22ClN3O4/c1-13(2)15-5-7-16(8-6-15)21-24-19(29-25-21)12-28-23-11-14-9-17(22)20(27-4)18(10-14)26-3/h5-11,13H,12H2,1-4H3/b23-11-. The second-order valence-corrected chi connectivity index (χ2v) is 6.94. The molecule has 152 valence electrons. The molecule has 0 fully saturated rings. The van der Waals surface area contributed by atoms with Crippen molar-refractivity contribution >= 4 is 17.8 Å². The molecule has 0 saturated heterocycles. The van der Waals surface area contributed by atoms with Crippen molar-refractivity contribution in [3.63, 3.8) is 0 Å². The van der Waals surface area contributed by atoms with Gasteiger partial charge in [-0.25, -0.2) is 0 Å². The maximum atomic E-state index is 6.17. The van der Waals surface area contributed by atoms with E-state index >= 15 is 0 Å². The number of rotatable bonds is 8. The van der Waals surface area contributed by atoms with E-state index in [9.17, 15) is 0 Å². The Bertz CT molecular complexity index is 984. The predicted molar refractivity (Wildman–Crippen MR) is 111 cm³/mol. The summed E-state index contributed by atoms with van der Waals surface area (Å²) in [6, 6.07) is 11.5. The minimum absolute atomic E-state index is 0.0502. The van der Waals surface area contributed by atoms with E-state index in [4.69, 9.17) is 30.4 Å². The third kappa shape index (κ3) is 5.06. The van der Waals surface area contributed by atoms with Gasteiger partial charge in [0.05, 0.1) is 25.5 Å². The van der Waals surface area contributed by atoms with Crippen LogP contribution in [0.5, 0.6) is 11.5 Å². The van der Waals surface area contributed by atoms with Crippen molar-refractivity contribution in [1.29, 1.82) is 0 Å². The third-order valence-corrected chi connectivity index (χ3v) is 4.50. The van der Waals surface area contributed by atoms with Crippen LogP contribution in [0, 0.1) is 0 Å². The van der Waals surface area contributed by atoms with Crippen molar-refractivity contribution < 1.29 is 18.8 Å². The van der Waals surface area contributed by atoms with E-state index in [0.717, 1.165) is 5.56 Å². The Morgan fingerprint density at radius 1 is 1.14 bits per heavy atom. The van der Waals surface area contributed by atoms with Crippen molar-refractivity contribution in [2.45, 2.75) is 26.4 Å². The Hall–Kier alpha value is -3.06. The molecule has 7 nitrogen and oxygen atoms in total. The van der Waals surface area contributed by atoms with Gasteiger partial charge in [0, 0.05) is 11.1 Å². The number of nitrogens with zero attached hydrogens (tertiary/aromatic N) is 3. The van der Waals surface area contributed by atoms with Gasteiger partial charge in [-0.05, 0) is 23.6 Å². The van der Waals surface area contributed by atoms with Gasteiger partial charge in [0.2, 0.25) is 5.82 Å². The molecule has 29 heavy (non-hydrogen) atoms. The monoisotopic (exact) mass is 415 g/mol. The second kappa shape index (κ2) is 9.43. The Morgan fingerprint density at radius 2 is 1.90 bits per heavy atom. The van der Waals surface area contributed by atoms with Gasteiger partial charge in [0.15, 0.2) is 18.1 Å². The summed E-state index contributed by atoms with van der Waals surface area (Å²) < 4.78 is 15.7. The van der Waals surface area contributed by atoms with Gasteiger partial charge >= 0.3 is 0 Å². The zero-order chi connectivity index (χ0) is 20.8. The van der Waals surface area contributed by atoms with Crippen LogP contribution in [0.2, 0.25) is 5.02 Å². The normalized spacial score (nSPS) is 11.2. The van der Waals surface area contributed by atoms with Crippen LogP contribution >= 0.6 is 11.6 Å². The van der Waals surface area contributed by atoms with Crippen LogP contribution in [0.15, 0.2) is 46.1 Å². The number of halogens is 1. The van der Waals surface area contributed by atoms with Crippen molar-refractivity contribution in [3.8, 4) is 22.9 Å². The molecule has 0 saturated carbocycles. The number of ether oxygens (including phenoxy) is 2. The van der Waals surface area contributed by atoms with Gasteiger partial charge in [0.25, 0.3) is 5.89 Å². The zero-order valence-electron chi connectivity index (χ0n) is 16.7. The lowest BCUT2D eigenvalue weighted by Crippen LogP contribution is -1.94. The van der Waals surface area contributed by atoms with Gasteiger partial charge in [-0.3, -0.25) is 0 Å². The van der Waals surface area contributed by atoms with E-state index in [1.807, 2.05) is 12.1 Å². The number of oxime groups is 1. The molecule has 0 N–H and O–H groups in total. The first kappa shape index (κ1) is 20.7. The lowest BCUT2D eigenvalue weighted by Gasteiger charge is -2.09. The van der Waals surface area contributed by atoms with Crippen LogP contribution < -0.4 is 9.47 Å². The number of benzene rings is 2. The molecule has 3 aromatic rings. The molecular weight excluding hydrogens is 394 g/mol. The minimum Gasteiger partial charge on any atom is -0.493 e. The summed E-state index contributed by atoms with van der Waals surface area (Å²) >= 11 is 6.17. The highest BCUT2D eigenvalue weighted by Crippen LogP contribution is 2.35. The van der Waals surface area contributed by atoms with Crippen LogP contribution in [0.1, 0.15) is 36.8 Å². The molecule has 0 bridgehead atoms. The summed E-state index contributed by atoms with van der Waals surface area (Å²) in [4.78, 5) is 9.58. The fourth-order valence-corrected chi connectivity index (χ4v) is 2.95. The van der Waals surface area contributed by atoms with Crippen molar-refractivity contribution in [1.82, 2.24) is 10.1 Å². The van der Waals surface area contributed by atoms with Crippen molar-refractivity contribution in [2.24, 2.45) is 5.16 Å². The van der Waals surface area contributed by atoms with Crippen molar-refractivity contribution in [3.05, 3.63) is 58.4 Å². The number of methoxy groups -OCH3 is 2. The Morgan fingerprint density at radius 3 is 2.55 bits per heavy atom. The van der Waals surface area contributed by atoms with Gasteiger partial charge < -0.3 is 18.8 Å². The van der Waals surface area contributed by atoms with Crippen LogP contribution in [-0.2, 0) is 11.4 Å². The molecule has 0 atom stereocenters. The summed E-state index contributed by atoms with van der Waals surface area (Å²) in [6.45, 7) is 4.35. The molecule has 0 unspecified atom stereocenters. The molecular formula is C21H22ClN3O4. The smallest absolute Gasteiger partial charge is 0.267 e. The summed E-state index contributed by atoms with van der Waals surface area (Å²) in [5.41, 5.74) is 2.84. The Kier molecular flexibility index (Phi) is 6.72. The van der Waals surface area contributed by atoms with E-state index in [2.05, 4.69) is 41.3 Å². The molecule has 0 aliphatic heterocycles. The van der Waals surface area contributed by atoms with Gasteiger partial charge in [-0.2, -0.15) is 4.98 Å². The van der Waals surface area contributed by atoms with Gasteiger partial charge in [-0.15, -0.1) is 0 Å². The summed E-state index contributed by atoms with van der Waals surface area (Å²) in [6.07, 6.45) is 1.51. The molecule has 3 rings (SSSR count). The van der Waals surface area contributed by atoms with Crippen LogP contribution in [0.4, 0.5) is 0 Å². The largest absolute Gasteiger partial charge is 0.493 e. The first-order valence-electron chi connectivity index (χ1n) is 9.01. The van der Waals surface area contributed by atoms with Gasteiger partial charge in [-0.1, -0.05) is 60.0 Å². The number of hydrogen-bond acceptors (Lipinski definition) is 7. The van der Waals surface area contributed by atoms with E-state index in [1.165, 1.54) is 26.0 Å². The predicted octanol–water partition coefficient (Wildman–Crippen LogP) is 5.08. The van der Waals surface area contributed by atoms with Crippen molar-refractivity contribution in [2.75, 3.05) is 14.2 Å². The average molecular weight is 416 g/mol. The molecule has 0 spiro atoms. The molecule has 8 heteroatoms. The average Bonchev–Trinajstić information content (AvgIpc) is 3.19. The lowest BCUT2D eigenvalue weighted by molar-refractivity contribution is 0.107. The molecule has 1 aromatic heterocycles. The first-order valence-corrected chi connectivity index (χ1v) is 9.39. The molecule has 0 aliphatic rings. The maximum Gasteiger partial charge on any atom is 0.267 e. The lowest BCUT2D eigenvalue weighted by atomic mass is 10.0. The molecule has 0 aliphatic carbocycles. The molecule has 0 radical (unpaired) electrons. The first-order chi connectivity index (χ1) is 14.0. The third-order valence-electron chi connectivity index (χ3n) is 4.22. The summed E-state index contributed by atoms with van der Waals surface area (Å²) in [5.74, 6) is 2.28. The highest BCUT2D eigenvalue weighted by molar-refractivity contribution is 6.32. The fourth-order valence-electron chi connectivity index (χ4n) is 2.65. The van der Waals surface area contributed by atoms with Crippen LogP contribution in [-0.4, -0.2) is 30.6 Å². The fraction of sp³-hybridized carbons (Fsp3) is 0.286. The highest BCUT2D eigenvalue weighted by atomic mass is 35.5. The summed E-state index contributed by atoms with van der Waals surface area (Å²) in [7, 11) is 3.06. The SMILES string of the molecule is COc1cc(/C=N\OCc2nc(-c3ccc(C(C)C)cc3)no2)cc(Cl)c1OC. The topological polar surface area (TPSA) is 79.0 Å². The van der Waals surface area contributed by atoms with Crippen LogP contribution in [0.3, 0.4) is 0 Å². The quantitative estimate of drug-likeness (QED) is 0.377. The Balaban J connectivity index is 1.61. The maximum absolute atomic E-state index is 6.17. The van der Waals surface area contributed by atoms with Gasteiger partial charge in [0.1, 0.15) is 0 Å². The van der Waals surface area contributed by atoms with Crippen LogP contribution in [0.25, 0.3) is 11.4 Å². The number of hydrogen-bond donors (Lipinski definition) is 0. The second-order valence-electron chi connectivity index (χ2n) is 6.53. The number of aromatic nitrogens is 2. The van der Waals surface area contributed by atoms with E-state index in [1.54, 1.807) is 12.1 Å². The van der Waals surface area contributed by atoms with E-state index < -0.39 is 0 Å². The van der Waals surface area contributed by atoms with E-state index in [-0.39, 0.29) is 6.61 Å². The molecule has 1 heterocycles.